The molecule has 0 fully saturated rings. The van der Waals surface area contributed by atoms with Crippen molar-refractivity contribution in [3.8, 4) is 10.6 Å². The molecule has 122 valence electrons. The zero-order chi connectivity index (χ0) is 17.1. The first-order valence-electron chi connectivity index (χ1n) is 7.61. The van der Waals surface area contributed by atoms with E-state index in [1.807, 2.05) is 47.8 Å². The van der Waals surface area contributed by atoms with Crippen molar-refractivity contribution >= 4 is 40.1 Å². The molecule has 0 saturated carbocycles. The van der Waals surface area contributed by atoms with Gasteiger partial charge in [-0.15, -0.1) is 11.3 Å². The first-order valence-corrected chi connectivity index (χ1v) is 8.49. The summed E-state index contributed by atoms with van der Waals surface area (Å²) in [6.45, 7) is 0. The second kappa shape index (κ2) is 6.70. The minimum Gasteiger partial charge on any atom is -0.457 e. The van der Waals surface area contributed by atoms with Crippen molar-refractivity contribution in [2.75, 3.05) is 5.32 Å². The summed E-state index contributed by atoms with van der Waals surface area (Å²) in [5, 5.41) is 6.40. The van der Waals surface area contributed by atoms with Crippen LogP contribution in [0.1, 0.15) is 5.76 Å². The van der Waals surface area contributed by atoms with Gasteiger partial charge in [-0.3, -0.25) is 9.78 Å². The molecule has 5 nitrogen and oxygen atoms in total. The van der Waals surface area contributed by atoms with E-state index in [0.29, 0.717) is 11.6 Å². The van der Waals surface area contributed by atoms with Crippen molar-refractivity contribution in [2.24, 2.45) is 0 Å². The third-order valence-corrected chi connectivity index (χ3v) is 4.42. The minimum absolute atomic E-state index is 0.257. The largest absolute Gasteiger partial charge is 0.457 e. The fourth-order valence-electron chi connectivity index (χ4n) is 2.37. The van der Waals surface area contributed by atoms with E-state index in [-0.39, 0.29) is 5.91 Å². The second-order valence-corrected chi connectivity index (χ2v) is 6.14. The number of thiazole rings is 1. The van der Waals surface area contributed by atoms with Crippen LogP contribution < -0.4 is 5.32 Å². The van der Waals surface area contributed by atoms with Crippen LogP contribution in [0.4, 0.5) is 5.82 Å². The molecule has 0 aliphatic heterocycles. The number of pyridine rings is 1. The van der Waals surface area contributed by atoms with Crippen LogP contribution in [-0.2, 0) is 4.79 Å². The number of furan rings is 1. The summed E-state index contributed by atoms with van der Waals surface area (Å²) in [7, 11) is 0. The predicted octanol–water partition coefficient (Wildman–Crippen LogP) is 4.60. The molecule has 1 amide bonds. The van der Waals surface area contributed by atoms with E-state index >= 15 is 0 Å². The molecule has 0 bridgehead atoms. The Labute approximate surface area is 147 Å². The van der Waals surface area contributed by atoms with Crippen LogP contribution in [0.2, 0.25) is 0 Å². The number of hydrogen-bond acceptors (Lipinski definition) is 5. The molecule has 6 heteroatoms. The number of benzene rings is 1. The molecule has 1 N–H and O–H groups in total. The van der Waals surface area contributed by atoms with Crippen LogP contribution in [0.3, 0.4) is 0 Å². The van der Waals surface area contributed by atoms with Crippen LogP contribution in [0.15, 0.2) is 70.7 Å². The lowest BCUT2D eigenvalue weighted by Gasteiger charge is -1.96. The zero-order valence-corrected chi connectivity index (χ0v) is 13.9. The van der Waals surface area contributed by atoms with Gasteiger partial charge in [-0.25, -0.2) is 4.98 Å². The smallest absolute Gasteiger partial charge is 0.249 e. The van der Waals surface area contributed by atoms with Gasteiger partial charge in [0.05, 0.1) is 0 Å². The molecule has 0 radical (unpaired) electrons. The molecule has 0 saturated heterocycles. The third kappa shape index (κ3) is 3.49. The Balaban J connectivity index is 1.44. The van der Waals surface area contributed by atoms with Crippen LogP contribution >= 0.6 is 11.3 Å². The van der Waals surface area contributed by atoms with Crippen LogP contribution in [0, 0.1) is 0 Å². The van der Waals surface area contributed by atoms with Gasteiger partial charge in [0.2, 0.25) is 5.91 Å². The number of carbonyl (C=O) groups is 1. The molecule has 4 aromatic rings. The van der Waals surface area contributed by atoms with Gasteiger partial charge in [0.15, 0.2) is 0 Å². The van der Waals surface area contributed by atoms with E-state index in [0.717, 1.165) is 21.5 Å². The van der Waals surface area contributed by atoms with Gasteiger partial charge in [-0.1, -0.05) is 18.2 Å². The van der Waals surface area contributed by atoms with Crippen molar-refractivity contribution in [2.45, 2.75) is 0 Å². The molecule has 3 heterocycles. The maximum atomic E-state index is 12.1. The molecule has 25 heavy (non-hydrogen) atoms. The van der Waals surface area contributed by atoms with Gasteiger partial charge in [0.25, 0.3) is 0 Å². The first kappa shape index (κ1) is 15.3. The lowest BCUT2D eigenvalue weighted by atomic mass is 10.2. The third-order valence-electron chi connectivity index (χ3n) is 3.53. The van der Waals surface area contributed by atoms with E-state index in [2.05, 4.69) is 15.3 Å². The predicted molar refractivity (Wildman–Crippen MR) is 99.2 cm³/mol. The Morgan fingerprint density at radius 3 is 2.84 bits per heavy atom. The quantitative estimate of drug-likeness (QED) is 0.548. The van der Waals surface area contributed by atoms with Crippen LogP contribution in [-0.4, -0.2) is 15.9 Å². The van der Waals surface area contributed by atoms with Gasteiger partial charge >= 0.3 is 0 Å². The fraction of sp³-hybridized carbons (Fsp3) is 0. The number of amides is 1. The Bertz CT molecular complexity index is 1020. The summed E-state index contributed by atoms with van der Waals surface area (Å²) < 4.78 is 5.64. The van der Waals surface area contributed by atoms with Gasteiger partial charge < -0.3 is 9.73 Å². The van der Waals surface area contributed by atoms with E-state index in [4.69, 9.17) is 4.42 Å². The summed E-state index contributed by atoms with van der Waals surface area (Å²) in [4.78, 5) is 20.5. The normalized spacial score (nSPS) is 11.2. The van der Waals surface area contributed by atoms with Crippen LogP contribution in [0.5, 0.6) is 0 Å². The highest BCUT2D eigenvalue weighted by molar-refractivity contribution is 7.13. The molecule has 0 atom stereocenters. The summed E-state index contributed by atoms with van der Waals surface area (Å²) in [6.07, 6.45) is 6.50. The Morgan fingerprint density at radius 1 is 1.16 bits per heavy atom. The van der Waals surface area contributed by atoms with E-state index in [1.165, 1.54) is 17.4 Å². The summed E-state index contributed by atoms with van der Waals surface area (Å²) in [5.41, 5.74) is 1.77. The Kier molecular flexibility index (Phi) is 4.10. The van der Waals surface area contributed by atoms with E-state index in [1.54, 1.807) is 18.5 Å². The van der Waals surface area contributed by atoms with Crippen LogP contribution in [0.25, 0.3) is 27.6 Å². The highest BCUT2D eigenvalue weighted by Crippen LogP contribution is 2.25. The summed E-state index contributed by atoms with van der Waals surface area (Å²) >= 11 is 1.47. The van der Waals surface area contributed by atoms with Gasteiger partial charge in [-0.05, 0) is 30.3 Å². The zero-order valence-electron chi connectivity index (χ0n) is 13.0. The van der Waals surface area contributed by atoms with Crippen molar-refractivity contribution in [3.63, 3.8) is 0 Å². The fourth-order valence-corrected chi connectivity index (χ4v) is 3.13. The molecule has 3 aromatic heterocycles. The molecular weight excluding hydrogens is 334 g/mol. The maximum Gasteiger partial charge on any atom is 0.249 e. The highest BCUT2D eigenvalue weighted by atomic mass is 32.1. The number of hydrogen-bond donors (Lipinski definition) is 1. The number of nitrogens with one attached hydrogen (secondary N) is 1. The molecule has 1 aromatic carbocycles. The minimum atomic E-state index is -0.257. The van der Waals surface area contributed by atoms with Gasteiger partial charge in [0.1, 0.15) is 22.2 Å². The van der Waals surface area contributed by atoms with E-state index < -0.39 is 0 Å². The number of fused-ring (bicyclic) bond motifs is 1. The Hall–Kier alpha value is -3.25. The summed E-state index contributed by atoms with van der Waals surface area (Å²) in [6, 6.07) is 13.4. The number of para-hydroxylation sites is 1. The average molecular weight is 347 g/mol. The average Bonchev–Trinajstić information content (AvgIpc) is 3.27. The standard InChI is InChI=1S/C19H13N3O2S/c23-18(6-5-15-11-14-3-1-2-4-16(14)24-15)21-17-12-25-19(22-17)13-7-9-20-10-8-13/h1-12H,(H,21,23)/b6-5+. The number of nitrogens with zero attached hydrogens (tertiary/aromatic N) is 2. The summed E-state index contributed by atoms with van der Waals surface area (Å²) in [5.74, 6) is 0.898. The number of rotatable bonds is 4. The van der Waals surface area contributed by atoms with Gasteiger partial charge in [0, 0.05) is 34.8 Å². The van der Waals surface area contributed by atoms with Crippen molar-refractivity contribution in [1.29, 1.82) is 0 Å². The topological polar surface area (TPSA) is 68.0 Å². The lowest BCUT2D eigenvalue weighted by molar-refractivity contribution is -0.111. The molecule has 0 aliphatic carbocycles. The first-order chi connectivity index (χ1) is 12.3. The lowest BCUT2D eigenvalue weighted by Crippen LogP contribution is -2.07. The Morgan fingerprint density at radius 2 is 2.00 bits per heavy atom. The van der Waals surface area contributed by atoms with Crippen molar-refractivity contribution in [1.82, 2.24) is 9.97 Å². The SMILES string of the molecule is O=C(/C=C/c1cc2ccccc2o1)Nc1csc(-c2ccncc2)n1. The van der Waals surface area contributed by atoms with Crippen molar-refractivity contribution in [3.05, 3.63) is 72.1 Å². The maximum absolute atomic E-state index is 12.1. The second-order valence-electron chi connectivity index (χ2n) is 5.28. The molecular formula is C19H13N3O2S. The monoisotopic (exact) mass is 347 g/mol. The number of carbonyl (C=O) groups excluding carboxylic acids is 1. The van der Waals surface area contributed by atoms with Gasteiger partial charge in [-0.2, -0.15) is 0 Å². The molecule has 0 spiro atoms. The molecule has 0 aliphatic rings. The van der Waals surface area contributed by atoms with Crippen molar-refractivity contribution < 1.29 is 9.21 Å². The van der Waals surface area contributed by atoms with E-state index in [9.17, 15) is 4.79 Å². The highest BCUT2D eigenvalue weighted by Gasteiger charge is 2.06. The number of anilines is 1. The number of aromatic nitrogens is 2. The molecule has 0 unspecified atom stereocenters. The molecule has 4 rings (SSSR count).